The summed E-state index contributed by atoms with van der Waals surface area (Å²) in [5, 5.41) is 1.02. The van der Waals surface area contributed by atoms with Gasteiger partial charge in [0.25, 0.3) is 0 Å². The minimum atomic E-state index is -0.112. The van der Waals surface area contributed by atoms with E-state index in [9.17, 15) is 4.79 Å². The maximum atomic E-state index is 12.9. The average molecular weight is 351 g/mol. The van der Waals surface area contributed by atoms with Crippen molar-refractivity contribution in [3.63, 3.8) is 0 Å². The lowest BCUT2D eigenvalue weighted by Crippen LogP contribution is -2.49. The van der Waals surface area contributed by atoms with Crippen LogP contribution in [0.15, 0.2) is 42.5 Å². The van der Waals surface area contributed by atoms with Crippen molar-refractivity contribution < 1.29 is 9.53 Å². The molecule has 1 fully saturated rings. The smallest absolute Gasteiger partial charge is 0.329 e. The molecule has 2 aromatic carbocycles. The summed E-state index contributed by atoms with van der Waals surface area (Å²) in [6.45, 7) is 1.27. The maximum Gasteiger partial charge on any atom is 0.329 e. The summed E-state index contributed by atoms with van der Waals surface area (Å²) in [5.74, 6) is 0.673. The van der Waals surface area contributed by atoms with Crippen LogP contribution >= 0.6 is 23.2 Å². The molecule has 0 bridgehead atoms. The summed E-state index contributed by atoms with van der Waals surface area (Å²) < 4.78 is 5.37. The van der Waals surface area contributed by atoms with Gasteiger partial charge in [-0.1, -0.05) is 35.3 Å². The highest BCUT2D eigenvalue weighted by Crippen LogP contribution is 2.33. The molecule has 0 radical (unpaired) electrons. The van der Waals surface area contributed by atoms with E-state index in [2.05, 4.69) is 0 Å². The van der Waals surface area contributed by atoms with Gasteiger partial charge in [-0.25, -0.2) is 4.79 Å². The number of carbonyl (C=O) groups is 1. The molecule has 0 atom stereocenters. The first-order chi connectivity index (χ1) is 11.1. The lowest BCUT2D eigenvalue weighted by atomic mass is 10.2. The lowest BCUT2D eigenvalue weighted by Gasteiger charge is -2.36. The average Bonchev–Trinajstić information content (AvgIpc) is 2.54. The molecule has 2 amide bonds. The lowest BCUT2D eigenvalue weighted by molar-refractivity contribution is 0.248. The highest BCUT2D eigenvalue weighted by atomic mass is 35.5. The number of anilines is 2. The highest BCUT2D eigenvalue weighted by Gasteiger charge is 2.29. The summed E-state index contributed by atoms with van der Waals surface area (Å²) in [6, 6.07) is 12.5. The molecule has 4 nitrogen and oxygen atoms in total. The molecule has 0 spiro atoms. The summed E-state index contributed by atoms with van der Waals surface area (Å²) in [6.07, 6.45) is 0.841. The van der Waals surface area contributed by atoms with E-state index in [1.165, 1.54) is 0 Å². The van der Waals surface area contributed by atoms with E-state index >= 15 is 0 Å². The van der Waals surface area contributed by atoms with E-state index in [1.807, 2.05) is 24.3 Å². The molecule has 1 saturated heterocycles. The van der Waals surface area contributed by atoms with E-state index < -0.39 is 0 Å². The van der Waals surface area contributed by atoms with Gasteiger partial charge in [0.2, 0.25) is 0 Å². The van der Waals surface area contributed by atoms with Crippen LogP contribution in [-0.4, -0.2) is 26.2 Å². The third-order valence-electron chi connectivity index (χ3n) is 3.76. The Balaban J connectivity index is 1.95. The molecular weight excluding hydrogens is 335 g/mol. The van der Waals surface area contributed by atoms with Gasteiger partial charge in [-0.15, -0.1) is 0 Å². The number of halogens is 2. The van der Waals surface area contributed by atoms with Crippen LogP contribution in [0.5, 0.6) is 5.75 Å². The Kier molecular flexibility index (Phi) is 4.64. The zero-order valence-corrected chi connectivity index (χ0v) is 14.1. The van der Waals surface area contributed by atoms with Crippen molar-refractivity contribution in [3.8, 4) is 5.75 Å². The van der Waals surface area contributed by atoms with E-state index in [0.29, 0.717) is 34.6 Å². The Morgan fingerprint density at radius 1 is 1.00 bits per heavy atom. The van der Waals surface area contributed by atoms with Crippen molar-refractivity contribution in [1.29, 1.82) is 0 Å². The molecule has 1 aliphatic rings. The molecular formula is C17H16Cl2N2O2. The summed E-state index contributed by atoms with van der Waals surface area (Å²) in [7, 11) is 1.60. The minimum absolute atomic E-state index is 0.112. The van der Waals surface area contributed by atoms with Gasteiger partial charge < -0.3 is 4.74 Å². The zero-order chi connectivity index (χ0) is 16.4. The second-order valence-corrected chi connectivity index (χ2v) is 6.11. The molecule has 0 aliphatic carbocycles. The van der Waals surface area contributed by atoms with Crippen molar-refractivity contribution in [2.45, 2.75) is 6.42 Å². The van der Waals surface area contributed by atoms with Gasteiger partial charge in [-0.3, -0.25) is 9.80 Å². The SMILES string of the molecule is COc1ccccc1N1CCCN(c2cc(Cl)cc(Cl)c2)C1=O. The Labute approximate surface area is 145 Å². The van der Waals surface area contributed by atoms with Crippen molar-refractivity contribution in [2.75, 3.05) is 30.0 Å². The van der Waals surface area contributed by atoms with Gasteiger partial charge in [0.05, 0.1) is 12.8 Å². The zero-order valence-electron chi connectivity index (χ0n) is 12.6. The van der Waals surface area contributed by atoms with Crippen molar-refractivity contribution in [2.24, 2.45) is 0 Å². The molecule has 6 heteroatoms. The third kappa shape index (κ3) is 3.23. The predicted octanol–water partition coefficient (Wildman–Crippen LogP) is 4.84. The van der Waals surface area contributed by atoms with Crippen LogP contribution in [0.1, 0.15) is 6.42 Å². The second-order valence-electron chi connectivity index (χ2n) is 5.24. The number of carbonyl (C=O) groups excluding carboxylic acids is 1. The predicted molar refractivity (Wildman–Crippen MR) is 94.2 cm³/mol. The maximum absolute atomic E-state index is 12.9. The van der Waals surface area contributed by atoms with Gasteiger partial charge >= 0.3 is 6.03 Å². The number of amides is 2. The van der Waals surface area contributed by atoms with Crippen LogP contribution in [0.2, 0.25) is 10.0 Å². The Bertz CT molecular complexity index is 716. The fourth-order valence-corrected chi connectivity index (χ4v) is 3.25. The second kappa shape index (κ2) is 6.69. The van der Waals surface area contributed by atoms with Crippen molar-refractivity contribution in [1.82, 2.24) is 0 Å². The Morgan fingerprint density at radius 2 is 1.65 bits per heavy atom. The number of rotatable bonds is 3. The van der Waals surface area contributed by atoms with Crippen LogP contribution in [0.4, 0.5) is 16.2 Å². The fraction of sp³-hybridized carbons (Fsp3) is 0.235. The molecule has 1 heterocycles. The quantitative estimate of drug-likeness (QED) is 0.793. The van der Waals surface area contributed by atoms with Crippen LogP contribution in [0, 0.1) is 0 Å². The third-order valence-corrected chi connectivity index (χ3v) is 4.20. The van der Waals surface area contributed by atoms with E-state index in [4.69, 9.17) is 27.9 Å². The molecule has 23 heavy (non-hydrogen) atoms. The van der Waals surface area contributed by atoms with Crippen molar-refractivity contribution >= 4 is 40.6 Å². The fourth-order valence-electron chi connectivity index (χ4n) is 2.73. The topological polar surface area (TPSA) is 32.8 Å². The first-order valence-electron chi connectivity index (χ1n) is 7.28. The van der Waals surface area contributed by atoms with Gasteiger partial charge in [0, 0.05) is 28.8 Å². The molecule has 0 N–H and O–H groups in total. The highest BCUT2D eigenvalue weighted by molar-refractivity contribution is 6.35. The molecule has 120 valence electrons. The largest absolute Gasteiger partial charge is 0.495 e. The summed E-state index contributed by atoms with van der Waals surface area (Å²) in [4.78, 5) is 16.3. The monoisotopic (exact) mass is 350 g/mol. The normalized spacial score (nSPS) is 15.0. The van der Waals surface area contributed by atoms with Crippen LogP contribution in [0.25, 0.3) is 0 Å². The summed E-state index contributed by atoms with van der Waals surface area (Å²) >= 11 is 12.1. The summed E-state index contributed by atoms with van der Waals surface area (Å²) in [5.41, 5.74) is 1.46. The Hall–Kier alpha value is -1.91. The minimum Gasteiger partial charge on any atom is -0.495 e. The molecule has 0 aromatic heterocycles. The van der Waals surface area contributed by atoms with E-state index in [1.54, 1.807) is 35.1 Å². The number of methoxy groups -OCH3 is 1. The first kappa shape index (κ1) is 16.0. The number of ether oxygens (including phenoxy) is 1. The number of benzene rings is 2. The molecule has 0 saturated carbocycles. The number of nitrogens with zero attached hydrogens (tertiary/aromatic N) is 2. The van der Waals surface area contributed by atoms with Crippen LogP contribution in [0.3, 0.4) is 0 Å². The number of para-hydroxylation sites is 2. The van der Waals surface area contributed by atoms with Crippen LogP contribution < -0.4 is 14.5 Å². The Morgan fingerprint density at radius 3 is 2.35 bits per heavy atom. The number of hydrogen-bond acceptors (Lipinski definition) is 2. The molecule has 1 aliphatic heterocycles. The van der Waals surface area contributed by atoms with Crippen molar-refractivity contribution in [3.05, 3.63) is 52.5 Å². The van der Waals surface area contributed by atoms with E-state index in [-0.39, 0.29) is 6.03 Å². The molecule has 2 aromatic rings. The van der Waals surface area contributed by atoms with E-state index in [0.717, 1.165) is 12.1 Å². The van der Waals surface area contributed by atoms with Gasteiger partial charge in [-0.2, -0.15) is 0 Å². The molecule has 0 unspecified atom stereocenters. The standard InChI is InChI=1S/C17H16Cl2N2O2/c1-23-16-6-3-2-5-15(16)21-8-4-7-20(17(21)22)14-10-12(18)9-13(19)11-14/h2-3,5-6,9-11H,4,7-8H2,1H3. The van der Waals surface area contributed by atoms with Gasteiger partial charge in [-0.05, 0) is 36.8 Å². The van der Waals surface area contributed by atoms with Gasteiger partial charge in [0.1, 0.15) is 5.75 Å². The van der Waals surface area contributed by atoms with Gasteiger partial charge in [0.15, 0.2) is 0 Å². The molecule has 3 rings (SSSR count). The first-order valence-corrected chi connectivity index (χ1v) is 8.04. The number of urea groups is 1. The number of hydrogen-bond donors (Lipinski definition) is 0. The van der Waals surface area contributed by atoms with Crippen LogP contribution in [-0.2, 0) is 0 Å².